The molecule has 0 aliphatic carbocycles. The van der Waals surface area contributed by atoms with E-state index in [9.17, 15) is 9.59 Å². The van der Waals surface area contributed by atoms with E-state index in [0.717, 1.165) is 5.69 Å². The van der Waals surface area contributed by atoms with E-state index < -0.39 is 5.97 Å². The zero-order valence-corrected chi connectivity index (χ0v) is 9.62. The molecule has 1 heterocycles. The van der Waals surface area contributed by atoms with Gasteiger partial charge in [0.25, 0.3) is 0 Å². The second kappa shape index (κ2) is 4.70. The van der Waals surface area contributed by atoms with Crippen LogP contribution in [0.3, 0.4) is 0 Å². The van der Waals surface area contributed by atoms with E-state index in [1.807, 2.05) is 0 Å². The van der Waals surface area contributed by atoms with Crippen LogP contribution in [-0.2, 0) is 4.79 Å². The van der Waals surface area contributed by atoms with E-state index in [-0.39, 0.29) is 11.6 Å². The molecule has 1 amide bonds. The van der Waals surface area contributed by atoms with Gasteiger partial charge in [0.1, 0.15) is 6.33 Å². The van der Waals surface area contributed by atoms with Crippen molar-refractivity contribution in [2.45, 2.75) is 6.92 Å². The van der Waals surface area contributed by atoms with Crippen molar-refractivity contribution in [2.75, 3.05) is 5.32 Å². The summed E-state index contributed by atoms with van der Waals surface area (Å²) in [4.78, 5) is 25.3. The van der Waals surface area contributed by atoms with E-state index in [1.54, 1.807) is 28.8 Å². The van der Waals surface area contributed by atoms with Crippen molar-refractivity contribution in [1.82, 2.24) is 9.55 Å². The molecule has 18 heavy (non-hydrogen) atoms. The maximum atomic E-state index is 10.9. The second-order valence-electron chi connectivity index (χ2n) is 3.70. The monoisotopic (exact) mass is 245 g/mol. The van der Waals surface area contributed by atoms with Gasteiger partial charge in [-0.25, -0.2) is 9.78 Å². The van der Waals surface area contributed by atoms with Gasteiger partial charge in [0, 0.05) is 24.5 Å². The van der Waals surface area contributed by atoms with Gasteiger partial charge in [-0.3, -0.25) is 4.79 Å². The maximum absolute atomic E-state index is 10.9. The lowest BCUT2D eigenvalue weighted by Crippen LogP contribution is -2.05. The number of aromatic carboxylic acids is 1. The topological polar surface area (TPSA) is 84.2 Å². The maximum Gasteiger partial charge on any atom is 0.356 e. The number of carboxylic acids is 1. The number of carboxylic acid groups (broad SMARTS) is 1. The lowest BCUT2D eigenvalue weighted by Gasteiger charge is -2.04. The van der Waals surface area contributed by atoms with Crippen LogP contribution in [0.2, 0.25) is 0 Å². The molecule has 0 saturated carbocycles. The zero-order valence-electron chi connectivity index (χ0n) is 9.62. The smallest absolute Gasteiger partial charge is 0.356 e. The van der Waals surface area contributed by atoms with Gasteiger partial charge in [0.05, 0.1) is 0 Å². The molecule has 2 aromatic rings. The molecule has 1 aromatic heterocycles. The van der Waals surface area contributed by atoms with Gasteiger partial charge in [-0.1, -0.05) is 0 Å². The average molecular weight is 245 g/mol. The summed E-state index contributed by atoms with van der Waals surface area (Å²) in [6.07, 6.45) is 2.85. The number of nitrogens with one attached hydrogen (secondary N) is 1. The Hall–Kier alpha value is -2.63. The number of imidazole rings is 1. The molecule has 0 atom stereocenters. The Morgan fingerprint density at radius 3 is 2.44 bits per heavy atom. The quantitative estimate of drug-likeness (QED) is 0.858. The summed E-state index contributed by atoms with van der Waals surface area (Å²) >= 11 is 0. The first-order valence-corrected chi connectivity index (χ1v) is 5.21. The Bertz CT molecular complexity index is 587. The Balaban J connectivity index is 2.22. The number of amides is 1. The Kier molecular flexibility index (Phi) is 3.09. The standard InChI is InChI=1S/C12H11N3O3/c1-8(16)14-9-2-4-10(5-3-9)15-6-11(12(17)18)13-7-15/h2-7H,1H3,(H,14,16)(H,17,18). The van der Waals surface area contributed by atoms with Gasteiger partial charge in [0.2, 0.25) is 5.91 Å². The average Bonchev–Trinajstić information content (AvgIpc) is 2.78. The number of anilines is 1. The van der Waals surface area contributed by atoms with Gasteiger partial charge < -0.3 is 15.0 Å². The number of nitrogens with zero attached hydrogens (tertiary/aromatic N) is 2. The second-order valence-corrected chi connectivity index (χ2v) is 3.70. The lowest BCUT2D eigenvalue weighted by atomic mass is 10.2. The van der Waals surface area contributed by atoms with E-state index in [0.29, 0.717) is 5.69 Å². The number of benzene rings is 1. The van der Waals surface area contributed by atoms with Crippen LogP contribution in [-0.4, -0.2) is 26.5 Å². The van der Waals surface area contributed by atoms with Gasteiger partial charge in [-0.2, -0.15) is 0 Å². The van der Waals surface area contributed by atoms with Crippen LogP contribution in [0.1, 0.15) is 17.4 Å². The van der Waals surface area contributed by atoms with E-state index in [4.69, 9.17) is 5.11 Å². The number of carbonyl (C=O) groups is 2. The lowest BCUT2D eigenvalue weighted by molar-refractivity contribution is -0.114. The summed E-state index contributed by atoms with van der Waals surface area (Å²) in [5, 5.41) is 11.4. The fourth-order valence-corrected chi connectivity index (χ4v) is 1.49. The molecule has 92 valence electrons. The van der Waals surface area contributed by atoms with Crippen LogP contribution in [0.5, 0.6) is 0 Å². The molecule has 0 radical (unpaired) electrons. The number of rotatable bonds is 3. The first-order chi connectivity index (χ1) is 8.56. The highest BCUT2D eigenvalue weighted by Crippen LogP contribution is 2.13. The van der Waals surface area contributed by atoms with E-state index in [2.05, 4.69) is 10.3 Å². The SMILES string of the molecule is CC(=O)Nc1ccc(-n2cnc(C(=O)O)c2)cc1. The normalized spacial score (nSPS) is 10.1. The Morgan fingerprint density at radius 1 is 1.28 bits per heavy atom. The minimum atomic E-state index is -1.07. The third-order valence-electron chi connectivity index (χ3n) is 2.29. The molecule has 0 spiro atoms. The summed E-state index contributed by atoms with van der Waals surface area (Å²) in [6, 6.07) is 6.99. The predicted octanol–water partition coefficient (Wildman–Crippen LogP) is 1.53. The van der Waals surface area contributed by atoms with Crippen LogP contribution in [0, 0.1) is 0 Å². The van der Waals surface area contributed by atoms with E-state index in [1.165, 1.54) is 19.4 Å². The first-order valence-electron chi connectivity index (χ1n) is 5.21. The molecular formula is C12H11N3O3. The van der Waals surface area contributed by atoms with Crippen LogP contribution >= 0.6 is 0 Å². The van der Waals surface area contributed by atoms with Crippen molar-refractivity contribution in [3.05, 3.63) is 42.5 Å². The molecule has 0 aliphatic rings. The molecule has 6 nitrogen and oxygen atoms in total. The predicted molar refractivity (Wildman–Crippen MR) is 64.8 cm³/mol. The highest BCUT2D eigenvalue weighted by atomic mass is 16.4. The van der Waals surface area contributed by atoms with Gasteiger partial charge in [-0.05, 0) is 24.3 Å². The minimum Gasteiger partial charge on any atom is -0.476 e. The fourth-order valence-electron chi connectivity index (χ4n) is 1.49. The Morgan fingerprint density at radius 2 is 1.94 bits per heavy atom. The van der Waals surface area contributed by atoms with Crippen molar-refractivity contribution in [3.63, 3.8) is 0 Å². The van der Waals surface area contributed by atoms with Gasteiger partial charge in [-0.15, -0.1) is 0 Å². The van der Waals surface area contributed by atoms with Crippen LogP contribution < -0.4 is 5.32 Å². The number of hydrogen-bond acceptors (Lipinski definition) is 3. The van der Waals surface area contributed by atoms with Crippen LogP contribution in [0.15, 0.2) is 36.8 Å². The molecule has 0 unspecified atom stereocenters. The molecule has 0 aliphatic heterocycles. The van der Waals surface area contributed by atoms with Gasteiger partial charge in [0.15, 0.2) is 5.69 Å². The van der Waals surface area contributed by atoms with E-state index >= 15 is 0 Å². The molecule has 2 N–H and O–H groups in total. The zero-order chi connectivity index (χ0) is 13.1. The van der Waals surface area contributed by atoms with Crippen molar-refractivity contribution in [2.24, 2.45) is 0 Å². The number of carbonyl (C=O) groups excluding carboxylic acids is 1. The third-order valence-corrected chi connectivity index (χ3v) is 2.29. The molecule has 1 aromatic carbocycles. The van der Waals surface area contributed by atoms with Gasteiger partial charge >= 0.3 is 5.97 Å². The fraction of sp³-hybridized carbons (Fsp3) is 0.0833. The number of aromatic nitrogens is 2. The molecule has 2 rings (SSSR count). The summed E-state index contributed by atoms with van der Waals surface area (Å²) in [7, 11) is 0. The molecule has 0 bridgehead atoms. The first kappa shape index (κ1) is 11.8. The molecule has 0 fully saturated rings. The van der Waals surface area contributed by atoms with Crippen molar-refractivity contribution >= 4 is 17.6 Å². The number of hydrogen-bond donors (Lipinski definition) is 2. The Labute approximate surface area is 103 Å². The summed E-state index contributed by atoms with van der Waals surface area (Å²) in [5.41, 5.74) is 1.44. The van der Waals surface area contributed by atoms with Crippen molar-refractivity contribution in [1.29, 1.82) is 0 Å². The van der Waals surface area contributed by atoms with Crippen LogP contribution in [0.25, 0.3) is 5.69 Å². The van der Waals surface area contributed by atoms with Crippen molar-refractivity contribution < 1.29 is 14.7 Å². The minimum absolute atomic E-state index is 0.0130. The van der Waals surface area contributed by atoms with Crippen molar-refractivity contribution in [3.8, 4) is 5.69 Å². The largest absolute Gasteiger partial charge is 0.476 e. The summed E-state index contributed by atoms with van der Waals surface area (Å²) in [6.45, 7) is 1.43. The molecule has 6 heteroatoms. The molecular weight excluding hydrogens is 234 g/mol. The molecule has 0 saturated heterocycles. The highest BCUT2D eigenvalue weighted by molar-refractivity contribution is 5.88. The third kappa shape index (κ3) is 2.54. The van der Waals surface area contributed by atoms with Crippen LogP contribution in [0.4, 0.5) is 5.69 Å². The summed E-state index contributed by atoms with van der Waals surface area (Å²) < 4.78 is 1.60. The summed E-state index contributed by atoms with van der Waals surface area (Å²) in [5.74, 6) is -1.21. The highest BCUT2D eigenvalue weighted by Gasteiger charge is 2.07.